The van der Waals surface area contributed by atoms with E-state index in [0.717, 1.165) is 6.07 Å². The lowest BCUT2D eigenvalue weighted by Crippen LogP contribution is -2.49. The number of esters is 1. The van der Waals surface area contributed by atoms with Crippen LogP contribution in [-0.2, 0) is 25.2 Å². The molecule has 0 radical (unpaired) electrons. The second-order valence-corrected chi connectivity index (χ2v) is 7.02. The number of hydrogen-bond acceptors (Lipinski definition) is 7. The van der Waals surface area contributed by atoms with Crippen molar-refractivity contribution in [1.82, 2.24) is 4.90 Å². The third kappa shape index (κ3) is 6.05. The second kappa shape index (κ2) is 9.28. The molecule has 0 aromatic heterocycles. The van der Waals surface area contributed by atoms with Crippen molar-refractivity contribution in [2.24, 2.45) is 0 Å². The number of benzene rings is 1. The number of rotatable bonds is 6. The fraction of sp³-hybridized carbons (Fsp3) is 0.556. The molecule has 1 aromatic rings. The van der Waals surface area contributed by atoms with Gasteiger partial charge >= 0.3 is 12.1 Å². The number of nitrogens with one attached hydrogen (secondary N) is 1. The number of ether oxygens (including phenoxy) is 2. The van der Waals surface area contributed by atoms with Crippen molar-refractivity contribution in [1.29, 1.82) is 0 Å². The normalized spacial score (nSPS) is 20.4. The largest absolute Gasteiger partial charge is 0.454 e. The van der Waals surface area contributed by atoms with E-state index < -0.39 is 46.9 Å². The van der Waals surface area contributed by atoms with E-state index >= 15 is 0 Å². The zero-order valence-corrected chi connectivity index (χ0v) is 16.6. The van der Waals surface area contributed by atoms with Crippen molar-refractivity contribution in [3.8, 4) is 0 Å². The van der Waals surface area contributed by atoms with Crippen molar-refractivity contribution in [2.45, 2.75) is 45.2 Å². The Bertz CT molecular complexity index is 807. The first-order valence-electron chi connectivity index (χ1n) is 9.10. The first kappa shape index (κ1) is 23.4. The number of halogens is 3. The van der Waals surface area contributed by atoms with Gasteiger partial charge in [-0.1, -0.05) is 0 Å². The number of morpholine rings is 1. The van der Waals surface area contributed by atoms with Gasteiger partial charge in [-0.15, -0.1) is 0 Å². The summed E-state index contributed by atoms with van der Waals surface area (Å²) in [5.41, 5.74) is -2.30. The molecular formula is C18H22F3N3O6. The number of carbonyl (C=O) groups is 2. The standard InChI is InChI=1S/C18H22F3N3O6/c1-10-7-23(8-11(2)30-10)16(25)9-29-17(26)12(3)22-14-5-4-13(18(19,20)21)6-15(14)24(27)28/h4-6,10-12,22H,7-9H2,1-3H3. The highest BCUT2D eigenvalue weighted by Crippen LogP contribution is 2.35. The highest BCUT2D eigenvalue weighted by Gasteiger charge is 2.33. The van der Waals surface area contributed by atoms with Crippen LogP contribution in [0.25, 0.3) is 0 Å². The van der Waals surface area contributed by atoms with Crippen molar-refractivity contribution < 1.29 is 37.2 Å². The summed E-state index contributed by atoms with van der Waals surface area (Å²) in [5, 5.41) is 13.6. The van der Waals surface area contributed by atoms with Gasteiger partial charge in [0.05, 0.1) is 22.7 Å². The van der Waals surface area contributed by atoms with Crippen LogP contribution in [0, 0.1) is 10.1 Å². The van der Waals surface area contributed by atoms with E-state index in [-0.39, 0.29) is 17.9 Å². The molecule has 1 aliphatic heterocycles. The van der Waals surface area contributed by atoms with Crippen molar-refractivity contribution in [3.05, 3.63) is 33.9 Å². The maximum atomic E-state index is 12.8. The predicted molar refractivity (Wildman–Crippen MR) is 98.7 cm³/mol. The van der Waals surface area contributed by atoms with Crippen LogP contribution in [0.2, 0.25) is 0 Å². The first-order chi connectivity index (χ1) is 13.9. The summed E-state index contributed by atoms with van der Waals surface area (Å²) in [6.45, 7) is 5.11. The van der Waals surface area contributed by atoms with E-state index in [1.54, 1.807) is 0 Å². The summed E-state index contributed by atoms with van der Waals surface area (Å²) in [5.74, 6) is -1.30. The summed E-state index contributed by atoms with van der Waals surface area (Å²) in [7, 11) is 0. The molecule has 2 rings (SSSR count). The lowest BCUT2D eigenvalue weighted by molar-refractivity contribution is -0.384. The van der Waals surface area contributed by atoms with Gasteiger partial charge in [-0.3, -0.25) is 14.9 Å². The van der Waals surface area contributed by atoms with E-state index in [1.165, 1.54) is 11.8 Å². The van der Waals surface area contributed by atoms with Crippen LogP contribution in [-0.4, -0.2) is 59.6 Å². The molecule has 1 aliphatic rings. The lowest BCUT2D eigenvalue weighted by Gasteiger charge is -2.35. The van der Waals surface area contributed by atoms with Gasteiger partial charge in [0.15, 0.2) is 6.61 Å². The second-order valence-electron chi connectivity index (χ2n) is 7.02. The zero-order valence-electron chi connectivity index (χ0n) is 16.6. The maximum absolute atomic E-state index is 12.8. The first-order valence-corrected chi connectivity index (χ1v) is 9.10. The molecule has 9 nitrogen and oxygen atoms in total. The number of anilines is 1. The summed E-state index contributed by atoms with van der Waals surface area (Å²) >= 11 is 0. The third-order valence-electron chi connectivity index (χ3n) is 4.36. The molecule has 166 valence electrons. The van der Waals surface area contributed by atoms with Crippen molar-refractivity contribution in [2.75, 3.05) is 25.0 Å². The molecule has 0 bridgehead atoms. The van der Waals surface area contributed by atoms with Gasteiger partial charge in [-0.05, 0) is 32.9 Å². The monoisotopic (exact) mass is 433 g/mol. The molecule has 30 heavy (non-hydrogen) atoms. The maximum Gasteiger partial charge on any atom is 0.416 e. The Hall–Kier alpha value is -2.89. The number of amides is 1. The molecule has 1 fully saturated rings. The summed E-state index contributed by atoms with van der Waals surface area (Å²) in [6, 6.07) is 0.769. The average molecular weight is 433 g/mol. The molecule has 3 atom stereocenters. The minimum Gasteiger partial charge on any atom is -0.454 e. The molecule has 12 heteroatoms. The van der Waals surface area contributed by atoms with Crippen LogP contribution in [0.15, 0.2) is 18.2 Å². The summed E-state index contributed by atoms with van der Waals surface area (Å²) < 4.78 is 48.8. The van der Waals surface area contributed by atoms with Gasteiger partial charge in [0, 0.05) is 19.2 Å². The van der Waals surface area contributed by atoms with Crippen molar-refractivity contribution in [3.63, 3.8) is 0 Å². The Morgan fingerprint density at radius 2 is 1.93 bits per heavy atom. The molecule has 1 saturated heterocycles. The third-order valence-corrected chi connectivity index (χ3v) is 4.36. The predicted octanol–water partition coefficient (Wildman–Crippen LogP) is 2.59. The van der Waals surface area contributed by atoms with Gasteiger partial charge in [-0.25, -0.2) is 4.79 Å². The quantitative estimate of drug-likeness (QED) is 0.417. The average Bonchev–Trinajstić information content (AvgIpc) is 2.64. The van der Waals surface area contributed by atoms with Gasteiger partial charge < -0.3 is 19.7 Å². The summed E-state index contributed by atoms with van der Waals surface area (Å²) in [4.78, 5) is 36.0. The van der Waals surface area contributed by atoms with E-state index in [2.05, 4.69) is 5.32 Å². The highest BCUT2D eigenvalue weighted by atomic mass is 19.4. The number of nitro groups is 1. The van der Waals surface area contributed by atoms with Gasteiger partial charge in [0.25, 0.3) is 11.6 Å². The van der Waals surface area contributed by atoms with Gasteiger partial charge in [-0.2, -0.15) is 13.2 Å². The van der Waals surface area contributed by atoms with Crippen LogP contribution in [0.3, 0.4) is 0 Å². The van der Waals surface area contributed by atoms with Crippen LogP contribution in [0.5, 0.6) is 0 Å². The Balaban J connectivity index is 1.98. The fourth-order valence-electron chi connectivity index (χ4n) is 3.00. The number of nitro benzene ring substituents is 1. The van der Waals surface area contributed by atoms with Gasteiger partial charge in [0.2, 0.25) is 0 Å². The van der Waals surface area contributed by atoms with Crippen LogP contribution in [0.1, 0.15) is 26.3 Å². The van der Waals surface area contributed by atoms with Gasteiger partial charge in [0.1, 0.15) is 11.7 Å². The Labute approximate surface area is 170 Å². The SMILES string of the molecule is CC1CN(C(=O)COC(=O)C(C)Nc2ccc(C(F)(F)F)cc2[N+](=O)[O-])CC(C)O1. The van der Waals surface area contributed by atoms with Crippen LogP contribution < -0.4 is 5.32 Å². The number of nitrogens with zero attached hydrogens (tertiary/aromatic N) is 2. The van der Waals surface area contributed by atoms with Crippen LogP contribution >= 0.6 is 0 Å². The van der Waals surface area contributed by atoms with E-state index in [0.29, 0.717) is 25.2 Å². The topological polar surface area (TPSA) is 111 Å². The highest BCUT2D eigenvalue weighted by molar-refractivity contribution is 5.84. The molecule has 1 N–H and O–H groups in total. The van der Waals surface area contributed by atoms with E-state index in [4.69, 9.17) is 9.47 Å². The molecule has 1 amide bonds. The van der Waals surface area contributed by atoms with E-state index in [9.17, 15) is 32.9 Å². The van der Waals surface area contributed by atoms with Crippen LogP contribution in [0.4, 0.5) is 24.5 Å². The molecule has 0 saturated carbocycles. The lowest BCUT2D eigenvalue weighted by atomic mass is 10.1. The Kier molecular flexibility index (Phi) is 7.24. The molecule has 0 aliphatic carbocycles. The molecular weight excluding hydrogens is 411 g/mol. The molecule has 1 heterocycles. The fourth-order valence-corrected chi connectivity index (χ4v) is 3.00. The van der Waals surface area contributed by atoms with Crippen molar-refractivity contribution >= 4 is 23.3 Å². The minimum atomic E-state index is -4.75. The van der Waals surface area contributed by atoms with E-state index in [1.807, 2.05) is 13.8 Å². The Morgan fingerprint density at radius 1 is 1.33 bits per heavy atom. The summed E-state index contributed by atoms with van der Waals surface area (Å²) in [6.07, 6.45) is -5.06. The number of hydrogen-bond donors (Lipinski definition) is 1. The molecule has 3 unspecified atom stereocenters. The smallest absolute Gasteiger partial charge is 0.416 e. The Morgan fingerprint density at radius 3 is 2.47 bits per heavy atom. The zero-order chi connectivity index (χ0) is 22.6. The molecule has 1 aromatic carbocycles. The number of alkyl halides is 3. The molecule has 0 spiro atoms. The minimum absolute atomic E-state index is 0.158. The number of carbonyl (C=O) groups excluding carboxylic acids is 2.